The lowest BCUT2D eigenvalue weighted by Crippen LogP contribution is -2.47. The minimum Gasteiger partial charge on any atom is -0.466 e. The quantitative estimate of drug-likeness (QED) is 0.860. The van der Waals surface area contributed by atoms with Gasteiger partial charge < -0.3 is 10.1 Å². The SMILES string of the molecule is COC(=O)C1=C(C)N(Cc2ccccc2)C(=O)NC1c1csnn1. The number of esters is 1. The molecule has 8 heteroatoms. The van der Waals surface area contributed by atoms with Crippen molar-refractivity contribution < 1.29 is 14.3 Å². The summed E-state index contributed by atoms with van der Waals surface area (Å²) in [6.07, 6.45) is 0. The van der Waals surface area contributed by atoms with E-state index >= 15 is 0 Å². The van der Waals surface area contributed by atoms with Crippen molar-refractivity contribution in [3.8, 4) is 0 Å². The number of allylic oxidation sites excluding steroid dienone is 1. The molecule has 0 bridgehead atoms. The largest absolute Gasteiger partial charge is 0.466 e. The first-order valence-corrected chi connectivity index (χ1v) is 8.13. The molecule has 0 fully saturated rings. The topological polar surface area (TPSA) is 84.4 Å². The molecule has 0 saturated carbocycles. The van der Waals surface area contributed by atoms with Crippen molar-refractivity contribution in [2.24, 2.45) is 0 Å². The normalized spacial score (nSPS) is 17.7. The molecule has 1 aliphatic rings. The summed E-state index contributed by atoms with van der Waals surface area (Å²) in [6.45, 7) is 2.10. The molecule has 1 unspecified atom stereocenters. The van der Waals surface area contributed by atoms with Gasteiger partial charge in [0.15, 0.2) is 0 Å². The van der Waals surface area contributed by atoms with E-state index in [1.165, 1.54) is 12.0 Å². The average Bonchev–Trinajstić information content (AvgIpc) is 3.13. The van der Waals surface area contributed by atoms with Gasteiger partial charge in [-0.1, -0.05) is 34.8 Å². The highest BCUT2D eigenvalue weighted by Crippen LogP contribution is 2.31. The summed E-state index contributed by atoms with van der Waals surface area (Å²) in [7, 11) is 1.32. The highest BCUT2D eigenvalue weighted by atomic mass is 32.1. The van der Waals surface area contributed by atoms with Crippen molar-refractivity contribution in [3.63, 3.8) is 0 Å². The third kappa shape index (κ3) is 3.00. The van der Waals surface area contributed by atoms with Crippen molar-refractivity contribution in [2.75, 3.05) is 7.11 Å². The highest BCUT2D eigenvalue weighted by Gasteiger charge is 2.37. The molecule has 2 amide bonds. The molecule has 124 valence electrons. The maximum absolute atomic E-state index is 12.6. The zero-order chi connectivity index (χ0) is 17.1. The Morgan fingerprint density at radius 1 is 1.38 bits per heavy atom. The van der Waals surface area contributed by atoms with Gasteiger partial charge in [0.2, 0.25) is 0 Å². The lowest BCUT2D eigenvalue weighted by atomic mass is 9.99. The highest BCUT2D eigenvalue weighted by molar-refractivity contribution is 7.03. The standard InChI is InChI=1S/C16H16N4O3S/c1-10-13(15(21)23-2)14(12-9-24-19-18-12)17-16(22)20(10)8-11-6-4-3-5-7-11/h3-7,9,14H,8H2,1-2H3,(H,17,22). The van der Waals surface area contributed by atoms with Crippen molar-refractivity contribution >= 4 is 23.5 Å². The van der Waals surface area contributed by atoms with Crippen LogP contribution in [0.3, 0.4) is 0 Å². The summed E-state index contributed by atoms with van der Waals surface area (Å²) in [5, 5.41) is 8.50. The lowest BCUT2D eigenvalue weighted by Gasteiger charge is -2.34. The van der Waals surface area contributed by atoms with Gasteiger partial charge in [0.1, 0.15) is 11.7 Å². The van der Waals surface area contributed by atoms with Crippen LogP contribution in [0.25, 0.3) is 0 Å². The van der Waals surface area contributed by atoms with Crippen LogP contribution in [0.1, 0.15) is 24.2 Å². The van der Waals surface area contributed by atoms with Crippen LogP contribution >= 0.6 is 11.5 Å². The van der Waals surface area contributed by atoms with Gasteiger partial charge in [-0.3, -0.25) is 4.90 Å². The van der Waals surface area contributed by atoms with E-state index in [-0.39, 0.29) is 6.03 Å². The number of methoxy groups -OCH3 is 1. The number of hydrogen-bond acceptors (Lipinski definition) is 6. The van der Waals surface area contributed by atoms with Gasteiger partial charge in [0, 0.05) is 11.1 Å². The van der Waals surface area contributed by atoms with Gasteiger partial charge in [-0.2, -0.15) is 0 Å². The molecule has 0 saturated heterocycles. The molecule has 1 atom stereocenters. The van der Waals surface area contributed by atoms with Gasteiger partial charge >= 0.3 is 12.0 Å². The van der Waals surface area contributed by atoms with Crippen molar-refractivity contribution in [3.05, 3.63) is 58.2 Å². The molecule has 2 heterocycles. The first kappa shape index (κ1) is 16.1. The zero-order valence-corrected chi connectivity index (χ0v) is 14.0. The van der Waals surface area contributed by atoms with Gasteiger partial charge in [0.25, 0.3) is 0 Å². The number of nitrogens with one attached hydrogen (secondary N) is 1. The molecule has 24 heavy (non-hydrogen) atoms. The van der Waals surface area contributed by atoms with Gasteiger partial charge in [-0.05, 0) is 24.0 Å². The van der Waals surface area contributed by atoms with E-state index in [2.05, 4.69) is 14.9 Å². The molecule has 0 aliphatic carbocycles. The minimum absolute atomic E-state index is 0.290. The molecule has 2 aromatic rings. The van der Waals surface area contributed by atoms with Crippen LogP contribution in [0.2, 0.25) is 0 Å². The monoisotopic (exact) mass is 344 g/mol. The Morgan fingerprint density at radius 3 is 2.75 bits per heavy atom. The summed E-state index contributed by atoms with van der Waals surface area (Å²) >= 11 is 1.16. The Bertz CT molecular complexity index is 774. The van der Waals surface area contributed by atoms with E-state index in [1.54, 1.807) is 12.3 Å². The number of aromatic nitrogens is 2. The Morgan fingerprint density at radius 2 is 2.12 bits per heavy atom. The van der Waals surface area contributed by atoms with Crippen LogP contribution in [-0.2, 0) is 16.1 Å². The van der Waals surface area contributed by atoms with Crippen LogP contribution in [0.4, 0.5) is 4.79 Å². The van der Waals surface area contributed by atoms with Crippen LogP contribution in [0, 0.1) is 0 Å². The molecule has 0 radical (unpaired) electrons. The van der Waals surface area contributed by atoms with E-state index < -0.39 is 12.0 Å². The molecule has 1 aromatic heterocycles. The van der Waals surface area contributed by atoms with Crippen LogP contribution in [0.5, 0.6) is 0 Å². The molecular weight excluding hydrogens is 328 g/mol. The number of ether oxygens (including phenoxy) is 1. The molecule has 1 N–H and O–H groups in total. The summed E-state index contributed by atoms with van der Waals surface area (Å²) in [4.78, 5) is 26.4. The summed E-state index contributed by atoms with van der Waals surface area (Å²) in [6, 6.07) is 8.62. The van der Waals surface area contributed by atoms with E-state index in [0.29, 0.717) is 23.5 Å². The molecule has 0 spiro atoms. The Labute approximate surface area is 143 Å². The Balaban J connectivity index is 2.00. The fourth-order valence-corrected chi connectivity index (χ4v) is 3.11. The zero-order valence-electron chi connectivity index (χ0n) is 13.2. The minimum atomic E-state index is -0.657. The maximum atomic E-state index is 12.6. The maximum Gasteiger partial charge on any atom is 0.338 e. The van der Waals surface area contributed by atoms with E-state index in [1.807, 2.05) is 30.3 Å². The number of rotatable bonds is 4. The van der Waals surface area contributed by atoms with Crippen LogP contribution in [-0.4, -0.2) is 33.6 Å². The molecular formula is C16H16N4O3S. The number of carbonyl (C=O) groups excluding carboxylic acids is 2. The first-order chi connectivity index (χ1) is 11.6. The first-order valence-electron chi connectivity index (χ1n) is 7.29. The van der Waals surface area contributed by atoms with E-state index in [4.69, 9.17) is 4.74 Å². The summed E-state index contributed by atoms with van der Waals surface area (Å²) in [5.41, 5.74) is 2.39. The second-order valence-electron chi connectivity index (χ2n) is 5.27. The Kier molecular flexibility index (Phi) is 4.57. The van der Waals surface area contributed by atoms with E-state index in [9.17, 15) is 9.59 Å². The number of amides is 2. The van der Waals surface area contributed by atoms with Gasteiger partial charge in [-0.25, -0.2) is 9.59 Å². The molecule has 7 nitrogen and oxygen atoms in total. The average molecular weight is 344 g/mol. The number of hydrogen-bond donors (Lipinski definition) is 1. The van der Waals surface area contributed by atoms with Gasteiger partial charge in [0.05, 0.1) is 19.2 Å². The second kappa shape index (κ2) is 6.79. The predicted molar refractivity (Wildman–Crippen MR) is 87.9 cm³/mol. The number of nitrogens with zero attached hydrogens (tertiary/aromatic N) is 3. The molecule has 3 rings (SSSR count). The van der Waals surface area contributed by atoms with Crippen LogP contribution in [0.15, 0.2) is 47.0 Å². The Hall–Kier alpha value is -2.74. The number of benzene rings is 1. The van der Waals surface area contributed by atoms with Crippen molar-refractivity contribution in [1.82, 2.24) is 19.8 Å². The molecule has 1 aromatic carbocycles. The number of urea groups is 1. The number of carbonyl (C=O) groups is 2. The smallest absolute Gasteiger partial charge is 0.338 e. The summed E-state index contributed by atoms with van der Waals surface area (Å²) in [5.74, 6) is -0.497. The molecule has 1 aliphatic heterocycles. The van der Waals surface area contributed by atoms with E-state index in [0.717, 1.165) is 17.1 Å². The second-order valence-corrected chi connectivity index (χ2v) is 5.88. The third-order valence-corrected chi connectivity index (χ3v) is 4.38. The van der Waals surface area contributed by atoms with Crippen LogP contribution < -0.4 is 5.32 Å². The van der Waals surface area contributed by atoms with Crippen molar-refractivity contribution in [1.29, 1.82) is 0 Å². The summed E-state index contributed by atoms with van der Waals surface area (Å²) < 4.78 is 8.71. The predicted octanol–water partition coefficient (Wildman–Crippen LogP) is 2.25. The fraction of sp³-hybridized carbons (Fsp3) is 0.250. The third-order valence-electron chi connectivity index (χ3n) is 3.86. The lowest BCUT2D eigenvalue weighted by molar-refractivity contribution is -0.136. The fourth-order valence-electron chi connectivity index (χ4n) is 2.63. The van der Waals surface area contributed by atoms with Gasteiger partial charge in [-0.15, -0.1) is 5.10 Å². The van der Waals surface area contributed by atoms with Crippen molar-refractivity contribution in [2.45, 2.75) is 19.5 Å².